The molecule has 2 fully saturated rings. The maximum absolute atomic E-state index is 3.33. The molecule has 0 amide bonds. The van der Waals surface area contributed by atoms with E-state index in [1.807, 2.05) is 0 Å². The molecule has 0 aromatic heterocycles. The predicted octanol–water partition coefficient (Wildman–Crippen LogP) is 1.15. The van der Waals surface area contributed by atoms with Gasteiger partial charge in [-0.2, -0.15) is 0 Å². The first-order valence-corrected chi connectivity index (χ1v) is 6.83. The van der Waals surface area contributed by atoms with E-state index in [-0.39, 0.29) is 0 Å². The minimum absolute atomic E-state index is 0.696. The van der Waals surface area contributed by atoms with Crippen LogP contribution in [0.1, 0.15) is 32.6 Å². The van der Waals surface area contributed by atoms with Gasteiger partial charge in [0.25, 0.3) is 0 Å². The van der Waals surface area contributed by atoms with Crippen molar-refractivity contribution >= 4 is 0 Å². The second-order valence-corrected chi connectivity index (χ2v) is 5.64. The van der Waals surface area contributed by atoms with Gasteiger partial charge >= 0.3 is 0 Å². The van der Waals surface area contributed by atoms with E-state index >= 15 is 0 Å². The molecule has 1 aliphatic carbocycles. The fraction of sp³-hybridized carbons (Fsp3) is 1.00. The Hall–Kier alpha value is -0.120. The number of piperazine rings is 1. The lowest BCUT2D eigenvalue weighted by Crippen LogP contribution is -2.60. The zero-order chi connectivity index (χ0) is 11.5. The molecule has 2 rings (SSSR count). The van der Waals surface area contributed by atoms with E-state index in [4.69, 9.17) is 0 Å². The largest absolute Gasteiger partial charge is 0.318 e. The molecule has 2 atom stereocenters. The minimum atomic E-state index is 0.696. The van der Waals surface area contributed by atoms with E-state index < -0.39 is 0 Å². The van der Waals surface area contributed by atoms with Crippen LogP contribution in [0.4, 0.5) is 0 Å². The first kappa shape index (κ1) is 12.3. The van der Waals surface area contributed by atoms with Crippen LogP contribution >= 0.6 is 0 Å². The number of hydrogen-bond donors (Lipinski definition) is 1. The molecule has 1 saturated heterocycles. The molecule has 3 nitrogen and oxygen atoms in total. The van der Waals surface area contributed by atoms with Gasteiger partial charge in [-0.05, 0) is 33.9 Å². The Kier molecular flexibility index (Phi) is 4.22. The van der Waals surface area contributed by atoms with E-state index in [0.29, 0.717) is 6.04 Å². The molecule has 0 spiro atoms. The molecule has 1 saturated carbocycles. The molecule has 94 valence electrons. The van der Waals surface area contributed by atoms with Crippen molar-refractivity contribution in [3.05, 3.63) is 0 Å². The number of hydrogen-bond acceptors (Lipinski definition) is 3. The average molecular weight is 225 g/mol. The number of likely N-dealkylation sites (N-methyl/N-ethyl adjacent to an activating group) is 2. The highest BCUT2D eigenvalue weighted by atomic mass is 15.3. The summed E-state index contributed by atoms with van der Waals surface area (Å²) < 4.78 is 0. The van der Waals surface area contributed by atoms with Crippen LogP contribution in [-0.4, -0.2) is 61.7 Å². The van der Waals surface area contributed by atoms with Crippen molar-refractivity contribution in [2.24, 2.45) is 0 Å². The third-order valence-electron chi connectivity index (χ3n) is 4.40. The van der Waals surface area contributed by atoms with Crippen LogP contribution in [0.2, 0.25) is 0 Å². The molecule has 0 bridgehead atoms. The maximum Gasteiger partial charge on any atom is 0.0345 e. The Morgan fingerprint density at radius 1 is 1.19 bits per heavy atom. The SMILES string of the molecule is CNCC1CN(C2CCCC2)C(C)CN1C. The van der Waals surface area contributed by atoms with E-state index in [0.717, 1.165) is 18.6 Å². The Labute approximate surface area is 100 Å². The van der Waals surface area contributed by atoms with Gasteiger partial charge in [0, 0.05) is 37.8 Å². The zero-order valence-electron chi connectivity index (χ0n) is 11.1. The van der Waals surface area contributed by atoms with Crippen LogP contribution in [0.25, 0.3) is 0 Å². The lowest BCUT2D eigenvalue weighted by molar-refractivity contribution is 0.0245. The number of nitrogens with zero attached hydrogens (tertiary/aromatic N) is 2. The molecular formula is C13H27N3. The average Bonchev–Trinajstić information content (AvgIpc) is 2.75. The molecule has 2 aliphatic rings. The third kappa shape index (κ3) is 2.58. The highest BCUT2D eigenvalue weighted by Crippen LogP contribution is 2.27. The fourth-order valence-electron chi connectivity index (χ4n) is 3.43. The minimum Gasteiger partial charge on any atom is -0.318 e. The van der Waals surface area contributed by atoms with Gasteiger partial charge in [0.15, 0.2) is 0 Å². The maximum atomic E-state index is 3.33. The highest BCUT2D eigenvalue weighted by molar-refractivity contribution is 4.91. The highest BCUT2D eigenvalue weighted by Gasteiger charge is 2.34. The van der Waals surface area contributed by atoms with Gasteiger partial charge in [-0.3, -0.25) is 9.80 Å². The van der Waals surface area contributed by atoms with E-state index in [1.54, 1.807) is 0 Å². The molecule has 3 heteroatoms. The first-order valence-electron chi connectivity index (χ1n) is 6.83. The number of rotatable bonds is 3. The van der Waals surface area contributed by atoms with Crippen LogP contribution in [-0.2, 0) is 0 Å². The molecule has 2 unspecified atom stereocenters. The van der Waals surface area contributed by atoms with Crippen molar-refractivity contribution in [2.75, 3.05) is 33.7 Å². The molecule has 1 heterocycles. The normalized spacial score (nSPS) is 34.7. The van der Waals surface area contributed by atoms with Crippen molar-refractivity contribution in [3.63, 3.8) is 0 Å². The van der Waals surface area contributed by atoms with Gasteiger partial charge in [-0.15, -0.1) is 0 Å². The topological polar surface area (TPSA) is 18.5 Å². The Morgan fingerprint density at radius 2 is 1.88 bits per heavy atom. The van der Waals surface area contributed by atoms with Crippen LogP contribution in [0.5, 0.6) is 0 Å². The van der Waals surface area contributed by atoms with Crippen LogP contribution in [0.3, 0.4) is 0 Å². The Morgan fingerprint density at radius 3 is 2.50 bits per heavy atom. The van der Waals surface area contributed by atoms with Crippen molar-refractivity contribution in [1.29, 1.82) is 0 Å². The van der Waals surface area contributed by atoms with Gasteiger partial charge in [-0.25, -0.2) is 0 Å². The van der Waals surface area contributed by atoms with Crippen LogP contribution < -0.4 is 5.32 Å². The summed E-state index contributed by atoms with van der Waals surface area (Å²) in [6.45, 7) is 5.99. The summed E-state index contributed by atoms with van der Waals surface area (Å²) in [5.41, 5.74) is 0. The fourth-order valence-corrected chi connectivity index (χ4v) is 3.43. The van der Waals surface area contributed by atoms with E-state index in [2.05, 4.69) is 36.1 Å². The van der Waals surface area contributed by atoms with Crippen LogP contribution in [0, 0.1) is 0 Å². The summed E-state index contributed by atoms with van der Waals surface area (Å²) in [5.74, 6) is 0. The van der Waals surface area contributed by atoms with Gasteiger partial charge in [-0.1, -0.05) is 12.8 Å². The smallest absolute Gasteiger partial charge is 0.0345 e. The molecule has 1 N–H and O–H groups in total. The summed E-state index contributed by atoms with van der Waals surface area (Å²) in [6, 6.07) is 2.31. The molecule has 0 radical (unpaired) electrons. The number of nitrogens with one attached hydrogen (secondary N) is 1. The molecule has 0 aromatic rings. The monoisotopic (exact) mass is 225 g/mol. The van der Waals surface area contributed by atoms with Crippen LogP contribution in [0.15, 0.2) is 0 Å². The second-order valence-electron chi connectivity index (χ2n) is 5.64. The summed E-state index contributed by atoms with van der Waals surface area (Å²) >= 11 is 0. The van der Waals surface area contributed by atoms with Crippen molar-refractivity contribution in [2.45, 2.75) is 50.7 Å². The lowest BCUT2D eigenvalue weighted by Gasteiger charge is -2.46. The summed E-state index contributed by atoms with van der Waals surface area (Å²) in [5, 5.41) is 3.33. The molecule has 16 heavy (non-hydrogen) atoms. The van der Waals surface area contributed by atoms with Gasteiger partial charge in [0.1, 0.15) is 0 Å². The molecular weight excluding hydrogens is 198 g/mol. The van der Waals surface area contributed by atoms with Crippen molar-refractivity contribution < 1.29 is 0 Å². The predicted molar refractivity (Wildman–Crippen MR) is 68.8 cm³/mol. The second kappa shape index (κ2) is 5.48. The third-order valence-corrected chi connectivity index (χ3v) is 4.40. The Balaban J connectivity index is 1.95. The Bertz CT molecular complexity index is 213. The summed E-state index contributed by atoms with van der Waals surface area (Å²) in [7, 11) is 4.33. The van der Waals surface area contributed by atoms with E-state index in [9.17, 15) is 0 Å². The summed E-state index contributed by atoms with van der Waals surface area (Å²) in [4.78, 5) is 5.29. The lowest BCUT2D eigenvalue weighted by atomic mass is 10.0. The van der Waals surface area contributed by atoms with Gasteiger partial charge < -0.3 is 5.32 Å². The standard InChI is InChI=1S/C13H27N3/c1-11-9-15(3)13(8-14-2)10-16(11)12-6-4-5-7-12/h11-14H,4-10H2,1-3H3. The summed E-state index contributed by atoms with van der Waals surface area (Å²) in [6.07, 6.45) is 5.75. The van der Waals surface area contributed by atoms with Crippen molar-refractivity contribution in [1.82, 2.24) is 15.1 Å². The first-order chi connectivity index (χ1) is 7.72. The molecule has 1 aliphatic heterocycles. The quantitative estimate of drug-likeness (QED) is 0.777. The van der Waals surface area contributed by atoms with Gasteiger partial charge in [0.05, 0.1) is 0 Å². The van der Waals surface area contributed by atoms with Gasteiger partial charge in [0.2, 0.25) is 0 Å². The van der Waals surface area contributed by atoms with E-state index in [1.165, 1.54) is 38.8 Å². The molecule has 0 aromatic carbocycles. The van der Waals surface area contributed by atoms with Crippen molar-refractivity contribution in [3.8, 4) is 0 Å². The zero-order valence-corrected chi connectivity index (χ0v) is 11.1.